The fourth-order valence-corrected chi connectivity index (χ4v) is 3.57. The monoisotopic (exact) mass is 434 g/mol. The van der Waals surface area contributed by atoms with Crippen molar-refractivity contribution in [3.05, 3.63) is 65.2 Å². The Kier molecular flexibility index (Phi) is 6.46. The number of hydrogen-bond donors (Lipinski definition) is 0. The molecule has 1 atom stereocenters. The van der Waals surface area contributed by atoms with E-state index in [1.165, 1.54) is 19.2 Å². The molecule has 2 aromatic carbocycles. The zero-order valence-electron chi connectivity index (χ0n) is 16.0. The average molecular weight is 434 g/mol. The molecule has 0 aromatic heterocycles. The topological polar surface area (TPSA) is 102 Å². The molecule has 2 aromatic rings. The number of oxime groups is 1. The zero-order valence-corrected chi connectivity index (χ0v) is 16.8. The highest BCUT2D eigenvalue weighted by molar-refractivity contribution is 7.86. The second kappa shape index (κ2) is 9.04. The molecule has 0 N–H and O–H groups in total. The van der Waals surface area contributed by atoms with E-state index in [-0.39, 0.29) is 17.7 Å². The molecule has 2 amide bonds. The second-order valence-electron chi connectivity index (χ2n) is 6.43. The van der Waals surface area contributed by atoms with Crippen molar-refractivity contribution in [1.82, 2.24) is 4.90 Å². The molecule has 1 aliphatic rings. The molecule has 1 heterocycles. The number of benzene rings is 2. The van der Waals surface area contributed by atoms with Crippen molar-refractivity contribution in [2.24, 2.45) is 5.16 Å². The van der Waals surface area contributed by atoms with Gasteiger partial charge < -0.3 is 4.74 Å². The molecule has 0 fully saturated rings. The summed E-state index contributed by atoms with van der Waals surface area (Å²) in [5, 5.41) is 3.38. The van der Waals surface area contributed by atoms with Gasteiger partial charge in [0.25, 0.3) is 11.8 Å². The summed E-state index contributed by atoms with van der Waals surface area (Å²) in [6, 6.07) is 12.8. The second-order valence-corrected chi connectivity index (χ2v) is 8.10. The van der Waals surface area contributed by atoms with E-state index >= 15 is 0 Å². The maximum Gasteiger partial charge on any atom is 0.330 e. The van der Waals surface area contributed by atoms with E-state index in [2.05, 4.69) is 9.44 Å². The molecular weight excluding hydrogens is 415 g/mol. The third-order valence-corrected chi connectivity index (χ3v) is 5.55. The molecule has 1 unspecified atom stereocenters. The summed E-state index contributed by atoms with van der Waals surface area (Å²) in [5.41, 5.74) is 1.02. The van der Waals surface area contributed by atoms with Crippen LogP contribution in [0.4, 0.5) is 4.39 Å². The normalized spacial score (nSPS) is 14.8. The SMILES string of the molecule is COc1ccc(C(C=NOS(=O)(=O)CCN2C(=O)c3ccccc3C2=O)CF)cc1. The van der Waals surface area contributed by atoms with Gasteiger partial charge >= 0.3 is 10.1 Å². The van der Waals surface area contributed by atoms with Gasteiger partial charge in [0.05, 0.1) is 30.4 Å². The molecule has 1 aliphatic heterocycles. The summed E-state index contributed by atoms with van der Waals surface area (Å²) in [7, 11) is -2.68. The van der Waals surface area contributed by atoms with Crippen LogP contribution < -0.4 is 4.74 Å². The van der Waals surface area contributed by atoms with Gasteiger partial charge in [0.2, 0.25) is 0 Å². The molecule has 0 aliphatic carbocycles. The minimum absolute atomic E-state index is 0.226. The highest BCUT2D eigenvalue weighted by Crippen LogP contribution is 2.22. The van der Waals surface area contributed by atoms with Crippen molar-refractivity contribution < 1.29 is 31.4 Å². The van der Waals surface area contributed by atoms with Crippen LogP contribution in [0.15, 0.2) is 53.7 Å². The summed E-state index contributed by atoms with van der Waals surface area (Å²) in [5.74, 6) is -1.97. The molecular formula is C20H19FN2O6S. The zero-order chi connectivity index (χ0) is 21.7. The van der Waals surface area contributed by atoms with Gasteiger partial charge in [-0.25, -0.2) is 0 Å². The number of ether oxygens (including phenoxy) is 1. The Morgan fingerprint density at radius 1 is 1.07 bits per heavy atom. The van der Waals surface area contributed by atoms with Gasteiger partial charge in [-0.3, -0.25) is 23.2 Å². The quantitative estimate of drug-likeness (QED) is 0.341. The highest BCUT2D eigenvalue weighted by atomic mass is 32.2. The first kappa shape index (κ1) is 21.4. The van der Waals surface area contributed by atoms with E-state index in [9.17, 15) is 22.4 Å². The molecule has 3 rings (SSSR count). The molecule has 0 spiro atoms. The van der Waals surface area contributed by atoms with Crippen LogP contribution in [0.25, 0.3) is 0 Å². The van der Waals surface area contributed by atoms with Gasteiger partial charge in [0, 0.05) is 6.54 Å². The number of carbonyl (C=O) groups excluding carboxylic acids is 2. The number of fused-ring (bicyclic) bond motifs is 1. The lowest BCUT2D eigenvalue weighted by Crippen LogP contribution is -2.34. The Hall–Kier alpha value is -3.27. The van der Waals surface area contributed by atoms with Gasteiger partial charge in [-0.1, -0.05) is 29.4 Å². The minimum atomic E-state index is -4.19. The van der Waals surface area contributed by atoms with Crippen LogP contribution >= 0.6 is 0 Å². The lowest BCUT2D eigenvalue weighted by Gasteiger charge is -2.13. The van der Waals surface area contributed by atoms with Gasteiger partial charge in [-0.05, 0) is 29.8 Å². The summed E-state index contributed by atoms with van der Waals surface area (Å²) in [6.45, 7) is -1.19. The Morgan fingerprint density at radius 2 is 1.67 bits per heavy atom. The van der Waals surface area contributed by atoms with Crippen molar-refractivity contribution in [3.63, 3.8) is 0 Å². The first-order valence-electron chi connectivity index (χ1n) is 8.96. The number of halogens is 1. The summed E-state index contributed by atoms with van der Waals surface area (Å²) >= 11 is 0. The Bertz CT molecular complexity index is 1030. The van der Waals surface area contributed by atoms with Crippen LogP contribution in [0.3, 0.4) is 0 Å². The lowest BCUT2D eigenvalue weighted by atomic mass is 10.0. The van der Waals surface area contributed by atoms with Crippen LogP contribution in [-0.4, -0.2) is 57.4 Å². The number of hydrogen-bond acceptors (Lipinski definition) is 7. The number of carbonyl (C=O) groups is 2. The summed E-state index contributed by atoms with van der Waals surface area (Å²) in [4.78, 5) is 25.4. The van der Waals surface area contributed by atoms with Crippen molar-refractivity contribution in [2.45, 2.75) is 5.92 Å². The maximum absolute atomic E-state index is 13.3. The number of nitrogens with zero attached hydrogens (tertiary/aromatic N) is 2. The van der Waals surface area contributed by atoms with Gasteiger partial charge in [-0.15, -0.1) is 0 Å². The molecule has 0 radical (unpaired) electrons. The first-order valence-corrected chi connectivity index (χ1v) is 10.5. The average Bonchev–Trinajstić information content (AvgIpc) is 3.00. The van der Waals surface area contributed by atoms with Crippen LogP contribution in [0.5, 0.6) is 5.75 Å². The molecule has 30 heavy (non-hydrogen) atoms. The predicted octanol–water partition coefficient (Wildman–Crippen LogP) is 2.38. The van der Waals surface area contributed by atoms with Crippen molar-refractivity contribution >= 4 is 28.1 Å². The molecule has 158 valence electrons. The van der Waals surface area contributed by atoms with Gasteiger partial charge in [0.15, 0.2) is 0 Å². The van der Waals surface area contributed by atoms with E-state index in [1.807, 2.05) is 0 Å². The highest BCUT2D eigenvalue weighted by Gasteiger charge is 2.35. The van der Waals surface area contributed by atoms with Crippen LogP contribution in [0, 0.1) is 0 Å². The number of methoxy groups -OCH3 is 1. The number of rotatable bonds is 9. The van der Waals surface area contributed by atoms with Crippen molar-refractivity contribution in [2.75, 3.05) is 26.1 Å². The lowest BCUT2D eigenvalue weighted by molar-refractivity contribution is 0.0663. The molecule has 8 nitrogen and oxygen atoms in total. The molecule has 0 bridgehead atoms. The fraction of sp³-hybridized carbons (Fsp3) is 0.250. The number of imide groups is 1. The Morgan fingerprint density at radius 3 is 2.20 bits per heavy atom. The standard InChI is InChI=1S/C20H19FN2O6S/c1-28-16-8-6-14(7-9-16)15(12-21)13-22-29-30(26,27)11-10-23-19(24)17-4-2-3-5-18(17)20(23)25/h2-9,13,15H,10-12H2,1H3. The van der Waals surface area contributed by atoms with E-state index in [0.29, 0.717) is 11.3 Å². The van der Waals surface area contributed by atoms with Gasteiger partial charge in [-0.2, -0.15) is 8.42 Å². The third kappa shape index (κ3) is 4.65. The Labute approximate surface area is 173 Å². The van der Waals surface area contributed by atoms with Gasteiger partial charge in [0.1, 0.15) is 18.2 Å². The summed E-state index contributed by atoms with van der Waals surface area (Å²) in [6.07, 6.45) is 1.04. The molecule has 0 saturated heterocycles. The third-order valence-electron chi connectivity index (χ3n) is 4.55. The number of amides is 2. The molecule has 10 heteroatoms. The number of alkyl halides is 1. The van der Waals surface area contributed by atoms with E-state index < -0.39 is 40.3 Å². The summed E-state index contributed by atoms with van der Waals surface area (Å²) < 4.78 is 47.0. The van der Waals surface area contributed by atoms with Crippen molar-refractivity contribution in [3.8, 4) is 5.75 Å². The van der Waals surface area contributed by atoms with E-state index in [0.717, 1.165) is 11.1 Å². The van der Waals surface area contributed by atoms with Crippen LogP contribution in [0.1, 0.15) is 32.2 Å². The smallest absolute Gasteiger partial charge is 0.330 e. The molecule has 0 saturated carbocycles. The van der Waals surface area contributed by atoms with Crippen LogP contribution in [-0.2, 0) is 14.4 Å². The predicted molar refractivity (Wildman–Crippen MR) is 107 cm³/mol. The van der Waals surface area contributed by atoms with E-state index in [1.54, 1.807) is 36.4 Å². The largest absolute Gasteiger partial charge is 0.497 e. The Balaban J connectivity index is 1.58. The minimum Gasteiger partial charge on any atom is -0.497 e. The van der Waals surface area contributed by atoms with Crippen LogP contribution in [0.2, 0.25) is 0 Å². The van der Waals surface area contributed by atoms with Crippen molar-refractivity contribution in [1.29, 1.82) is 0 Å². The fourth-order valence-electron chi connectivity index (χ4n) is 2.91. The van der Waals surface area contributed by atoms with E-state index in [4.69, 9.17) is 4.74 Å². The first-order chi connectivity index (χ1) is 14.4. The maximum atomic E-state index is 13.3.